The fourth-order valence-electron chi connectivity index (χ4n) is 2.36. The van der Waals surface area contributed by atoms with E-state index >= 15 is 0 Å². The van der Waals surface area contributed by atoms with Crippen molar-refractivity contribution in [2.45, 2.75) is 13.6 Å². The molecule has 0 aliphatic rings. The van der Waals surface area contributed by atoms with Gasteiger partial charge in [-0.25, -0.2) is 4.98 Å². The number of anilines is 1. The number of guanidine groups is 1. The predicted molar refractivity (Wildman–Crippen MR) is 99.1 cm³/mol. The molecular weight excluding hydrogens is 340 g/mol. The van der Waals surface area contributed by atoms with Crippen LogP contribution in [0.25, 0.3) is 10.4 Å². The maximum Gasteiger partial charge on any atom is 0.213 e. The van der Waals surface area contributed by atoms with Crippen molar-refractivity contribution in [2.75, 3.05) is 5.32 Å². The van der Waals surface area contributed by atoms with E-state index in [1.165, 1.54) is 28.0 Å². The number of aromatic nitrogens is 2. The number of hydrogen-bond donors (Lipinski definition) is 5. The van der Waals surface area contributed by atoms with Crippen LogP contribution in [-0.2, 0) is 6.67 Å². The molecule has 25 heavy (non-hydrogen) atoms. The molecule has 3 aromatic rings. The summed E-state index contributed by atoms with van der Waals surface area (Å²) in [6.45, 7) is 2.13. The van der Waals surface area contributed by atoms with E-state index in [-0.39, 0.29) is 24.4 Å². The number of aromatic hydroxyl groups is 2. The van der Waals surface area contributed by atoms with E-state index in [1.807, 2.05) is 31.2 Å². The normalized spacial score (nSPS) is 10.6. The summed E-state index contributed by atoms with van der Waals surface area (Å²) in [6.07, 6.45) is 0. The van der Waals surface area contributed by atoms with Crippen molar-refractivity contribution < 1.29 is 10.2 Å². The summed E-state index contributed by atoms with van der Waals surface area (Å²) in [6, 6.07) is 10.6. The Morgan fingerprint density at radius 2 is 1.96 bits per heavy atom. The zero-order chi connectivity index (χ0) is 18.0. The molecule has 0 aliphatic carbocycles. The molecule has 9 heteroatoms. The number of benzene rings is 1. The molecule has 3 rings (SSSR count). The lowest BCUT2D eigenvalue weighted by Gasteiger charge is -2.11. The zero-order valence-electron chi connectivity index (χ0n) is 13.5. The van der Waals surface area contributed by atoms with Crippen LogP contribution < -0.4 is 16.8 Å². The average molecular weight is 358 g/mol. The lowest BCUT2D eigenvalue weighted by atomic mass is 10.1. The fraction of sp³-hybridized carbons (Fsp3) is 0.125. The van der Waals surface area contributed by atoms with E-state index in [2.05, 4.69) is 15.3 Å². The lowest BCUT2D eigenvalue weighted by Crippen LogP contribution is -2.21. The number of hydrogen-bond acceptors (Lipinski definition) is 6. The third-order valence-corrected chi connectivity index (χ3v) is 4.61. The van der Waals surface area contributed by atoms with E-state index in [1.54, 1.807) is 0 Å². The smallest absolute Gasteiger partial charge is 0.213 e. The summed E-state index contributed by atoms with van der Waals surface area (Å²) in [5, 5.41) is 23.0. The molecule has 7 N–H and O–H groups in total. The minimum atomic E-state index is -0.0259. The molecule has 0 bridgehead atoms. The Morgan fingerprint density at radius 1 is 1.24 bits per heavy atom. The Labute approximate surface area is 148 Å². The van der Waals surface area contributed by atoms with E-state index in [4.69, 9.17) is 11.5 Å². The van der Waals surface area contributed by atoms with Gasteiger partial charge in [0.15, 0.2) is 17.7 Å². The molecule has 0 unspecified atom stereocenters. The maximum atomic E-state index is 9.68. The topological polar surface area (TPSA) is 135 Å². The second-order valence-electron chi connectivity index (χ2n) is 5.34. The molecule has 0 aliphatic heterocycles. The molecule has 0 saturated carbocycles. The average Bonchev–Trinajstić information content (AvgIpc) is 3.08. The molecule has 0 radical (unpaired) electrons. The molecule has 0 fully saturated rings. The summed E-state index contributed by atoms with van der Waals surface area (Å²) in [5.41, 5.74) is 13.4. The number of aryl methyl sites for hydroxylation is 1. The second-order valence-corrected chi connectivity index (χ2v) is 6.32. The Bertz CT molecular complexity index is 907. The maximum absolute atomic E-state index is 9.68. The first-order valence-corrected chi connectivity index (χ1v) is 8.24. The van der Waals surface area contributed by atoms with Crippen LogP contribution in [0.4, 0.5) is 10.8 Å². The van der Waals surface area contributed by atoms with Gasteiger partial charge in [0.05, 0.1) is 17.2 Å². The van der Waals surface area contributed by atoms with Gasteiger partial charge in [-0.15, -0.1) is 0 Å². The van der Waals surface area contributed by atoms with Crippen LogP contribution in [0.1, 0.15) is 5.69 Å². The highest BCUT2D eigenvalue weighted by atomic mass is 32.1. The van der Waals surface area contributed by atoms with Gasteiger partial charge in [-0.1, -0.05) is 23.5 Å². The molecule has 0 spiro atoms. The van der Waals surface area contributed by atoms with Crippen molar-refractivity contribution in [3.05, 3.63) is 42.1 Å². The molecule has 2 aromatic heterocycles. The van der Waals surface area contributed by atoms with Crippen LogP contribution in [0, 0.1) is 6.92 Å². The van der Waals surface area contributed by atoms with Gasteiger partial charge in [0.25, 0.3) is 0 Å². The highest BCUT2D eigenvalue weighted by molar-refractivity contribution is 7.18. The molecule has 8 nitrogen and oxygen atoms in total. The molecule has 0 atom stereocenters. The van der Waals surface area contributed by atoms with Crippen molar-refractivity contribution in [3.8, 4) is 22.2 Å². The van der Waals surface area contributed by atoms with E-state index in [9.17, 15) is 10.2 Å². The summed E-state index contributed by atoms with van der Waals surface area (Å²) in [7, 11) is 0. The summed E-state index contributed by atoms with van der Waals surface area (Å²) in [5.74, 6) is -0.0512. The molecule has 1 aromatic carbocycles. The SMILES string of the molecule is Cc1nc(N=C(N)N)sc1-c1cccc(NCn2c(O)ccc2O)c1. The Hall–Kier alpha value is -3.20. The minimum absolute atomic E-state index is 0.0127. The first-order valence-electron chi connectivity index (χ1n) is 7.43. The Morgan fingerprint density at radius 3 is 2.64 bits per heavy atom. The number of nitrogens with zero attached hydrogens (tertiary/aromatic N) is 3. The van der Waals surface area contributed by atoms with Crippen molar-refractivity contribution in [3.63, 3.8) is 0 Å². The van der Waals surface area contributed by atoms with Gasteiger partial charge in [0.2, 0.25) is 5.13 Å². The molecule has 0 amide bonds. The van der Waals surface area contributed by atoms with Crippen molar-refractivity contribution in [2.24, 2.45) is 16.5 Å². The van der Waals surface area contributed by atoms with Crippen LogP contribution in [0.3, 0.4) is 0 Å². The van der Waals surface area contributed by atoms with Gasteiger partial charge < -0.3 is 27.0 Å². The largest absolute Gasteiger partial charge is 0.494 e. The Kier molecular flexibility index (Phi) is 4.48. The number of aliphatic imine (C=N–C) groups is 1. The molecule has 2 heterocycles. The van der Waals surface area contributed by atoms with Crippen LogP contribution >= 0.6 is 11.3 Å². The van der Waals surface area contributed by atoms with Gasteiger partial charge in [0, 0.05) is 17.8 Å². The van der Waals surface area contributed by atoms with Gasteiger partial charge >= 0.3 is 0 Å². The van der Waals surface area contributed by atoms with E-state index in [0.29, 0.717) is 5.13 Å². The monoisotopic (exact) mass is 358 g/mol. The van der Waals surface area contributed by atoms with Crippen molar-refractivity contribution in [1.82, 2.24) is 9.55 Å². The summed E-state index contributed by atoms with van der Waals surface area (Å²) >= 11 is 1.40. The lowest BCUT2D eigenvalue weighted by molar-refractivity contribution is 0.375. The zero-order valence-corrected chi connectivity index (χ0v) is 14.3. The van der Waals surface area contributed by atoms with Crippen LogP contribution in [0.2, 0.25) is 0 Å². The van der Waals surface area contributed by atoms with Gasteiger partial charge in [0.1, 0.15) is 0 Å². The predicted octanol–water partition coefficient (Wildman–Crippen LogP) is 2.31. The highest BCUT2D eigenvalue weighted by Gasteiger charge is 2.11. The molecular formula is C16H18N6O2S. The second kappa shape index (κ2) is 6.73. The van der Waals surface area contributed by atoms with Gasteiger partial charge in [-0.3, -0.25) is 4.57 Å². The molecule has 0 saturated heterocycles. The number of rotatable bonds is 5. The third-order valence-electron chi connectivity index (χ3n) is 3.51. The third kappa shape index (κ3) is 3.66. The van der Waals surface area contributed by atoms with Crippen LogP contribution in [-0.4, -0.2) is 25.7 Å². The van der Waals surface area contributed by atoms with Gasteiger partial charge in [-0.2, -0.15) is 4.99 Å². The Balaban J connectivity index is 1.82. The summed E-state index contributed by atoms with van der Waals surface area (Å²) < 4.78 is 1.35. The first-order chi connectivity index (χ1) is 11.9. The van der Waals surface area contributed by atoms with Crippen molar-refractivity contribution in [1.29, 1.82) is 0 Å². The quantitative estimate of drug-likeness (QED) is 0.351. The fourth-order valence-corrected chi connectivity index (χ4v) is 3.31. The summed E-state index contributed by atoms with van der Waals surface area (Å²) in [4.78, 5) is 9.30. The number of nitrogens with one attached hydrogen (secondary N) is 1. The van der Waals surface area contributed by atoms with Crippen LogP contribution in [0.15, 0.2) is 41.4 Å². The van der Waals surface area contributed by atoms with Crippen molar-refractivity contribution >= 4 is 28.1 Å². The standard InChI is InChI=1S/C16H18N6O2S/c1-9-14(25-16(20-9)21-15(17)18)10-3-2-4-11(7-10)19-8-22-12(23)5-6-13(22)24/h2-7,19,23-24H,8H2,1H3,(H4,17,18,20,21). The van der Waals surface area contributed by atoms with Crippen LogP contribution in [0.5, 0.6) is 11.8 Å². The minimum Gasteiger partial charge on any atom is -0.494 e. The first kappa shape index (κ1) is 16.7. The molecule has 130 valence electrons. The number of nitrogens with two attached hydrogens (primary N) is 2. The van der Waals surface area contributed by atoms with E-state index < -0.39 is 0 Å². The number of thiazole rings is 1. The van der Waals surface area contributed by atoms with E-state index in [0.717, 1.165) is 21.8 Å². The van der Waals surface area contributed by atoms with Gasteiger partial charge in [-0.05, 0) is 24.6 Å². The highest BCUT2D eigenvalue weighted by Crippen LogP contribution is 2.35.